The third kappa shape index (κ3) is 2.88. The lowest BCUT2D eigenvalue weighted by Crippen LogP contribution is -2.07. The number of sulfone groups is 1. The van der Waals surface area contributed by atoms with Crippen LogP contribution in [0.25, 0.3) is 0 Å². The molecule has 86 valence electrons. The zero-order valence-corrected chi connectivity index (χ0v) is 9.45. The van der Waals surface area contributed by atoms with E-state index in [1.807, 2.05) is 0 Å². The molecular weight excluding hydrogens is 229 g/mol. The normalized spacial score (nSPS) is 23.9. The molecule has 0 saturated carbocycles. The van der Waals surface area contributed by atoms with Gasteiger partial charge in [-0.15, -0.1) is 0 Å². The van der Waals surface area contributed by atoms with Crippen LogP contribution >= 0.6 is 0 Å². The molecule has 0 bridgehead atoms. The Morgan fingerprint density at radius 2 is 2.00 bits per heavy atom. The second-order valence-electron chi connectivity index (χ2n) is 3.89. The van der Waals surface area contributed by atoms with Crippen molar-refractivity contribution in [3.05, 3.63) is 35.6 Å². The molecule has 0 spiro atoms. The average Bonchev–Trinajstić information content (AvgIpc) is 2.58. The van der Waals surface area contributed by atoms with Crippen LogP contribution in [0.2, 0.25) is 0 Å². The van der Waals surface area contributed by atoms with Crippen LogP contribution in [0.3, 0.4) is 0 Å². The van der Waals surface area contributed by atoms with Gasteiger partial charge in [0.15, 0.2) is 9.84 Å². The molecule has 2 rings (SSSR count). The summed E-state index contributed by atoms with van der Waals surface area (Å²) < 4.78 is 35.0. The predicted molar refractivity (Wildman–Crippen MR) is 61.1 cm³/mol. The van der Waals surface area contributed by atoms with Gasteiger partial charge in [0.1, 0.15) is 5.82 Å². The highest BCUT2D eigenvalue weighted by Crippen LogP contribution is 2.14. The van der Waals surface area contributed by atoms with Crippen LogP contribution in [0.15, 0.2) is 29.3 Å². The molecule has 16 heavy (non-hydrogen) atoms. The Hall–Kier alpha value is -1.23. The number of hydrogen-bond acceptors (Lipinski definition) is 3. The van der Waals surface area contributed by atoms with Crippen molar-refractivity contribution in [2.45, 2.75) is 12.5 Å². The summed E-state index contributed by atoms with van der Waals surface area (Å²) in [5, 5.41) is 0. The number of rotatable bonds is 2. The van der Waals surface area contributed by atoms with Crippen LogP contribution in [-0.2, 0) is 9.84 Å². The summed E-state index contributed by atoms with van der Waals surface area (Å²) in [4.78, 5) is 4.19. The van der Waals surface area contributed by atoms with Crippen LogP contribution in [0, 0.1) is 5.82 Å². The van der Waals surface area contributed by atoms with Crippen LogP contribution < -0.4 is 0 Å². The predicted octanol–water partition coefficient (Wildman–Crippen LogP) is 1.43. The average molecular weight is 241 g/mol. The summed E-state index contributed by atoms with van der Waals surface area (Å²) in [6.07, 6.45) is 2.19. The number of nitrogens with zero attached hydrogens (tertiary/aromatic N) is 1. The Labute approximate surface area is 93.9 Å². The maximum Gasteiger partial charge on any atom is 0.152 e. The molecule has 1 atom stereocenters. The van der Waals surface area contributed by atoms with Gasteiger partial charge in [-0.05, 0) is 24.1 Å². The van der Waals surface area contributed by atoms with Gasteiger partial charge in [-0.25, -0.2) is 12.8 Å². The lowest BCUT2D eigenvalue weighted by molar-refractivity contribution is 0.601. The molecule has 1 aromatic rings. The van der Waals surface area contributed by atoms with E-state index in [1.54, 1.807) is 18.3 Å². The number of halogens is 1. The van der Waals surface area contributed by atoms with E-state index in [-0.39, 0.29) is 23.4 Å². The molecule has 1 aliphatic heterocycles. The zero-order valence-electron chi connectivity index (χ0n) is 8.64. The molecule has 1 aromatic carbocycles. The Balaban J connectivity index is 2.03. The summed E-state index contributed by atoms with van der Waals surface area (Å²) in [5.41, 5.74) is 0.783. The van der Waals surface area contributed by atoms with E-state index < -0.39 is 9.84 Å². The Bertz CT molecular complexity index is 493. The lowest BCUT2D eigenvalue weighted by Gasteiger charge is -1.99. The molecule has 1 fully saturated rings. The van der Waals surface area contributed by atoms with Crippen molar-refractivity contribution in [2.24, 2.45) is 4.99 Å². The summed E-state index contributed by atoms with van der Waals surface area (Å²) >= 11 is 0. The highest BCUT2D eigenvalue weighted by molar-refractivity contribution is 7.91. The smallest absolute Gasteiger partial charge is 0.152 e. The zero-order chi connectivity index (χ0) is 11.6. The van der Waals surface area contributed by atoms with E-state index in [9.17, 15) is 12.8 Å². The van der Waals surface area contributed by atoms with Crippen molar-refractivity contribution >= 4 is 16.1 Å². The second-order valence-corrected chi connectivity index (χ2v) is 6.12. The van der Waals surface area contributed by atoms with Gasteiger partial charge >= 0.3 is 0 Å². The highest BCUT2D eigenvalue weighted by atomic mass is 32.2. The number of benzene rings is 1. The van der Waals surface area contributed by atoms with Crippen molar-refractivity contribution in [3.8, 4) is 0 Å². The van der Waals surface area contributed by atoms with Crippen LogP contribution in [0.4, 0.5) is 4.39 Å². The Kier molecular flexibility index (Phi) is 3.05. The van der Waals surface area contributed by atoms with Gasteiger partial charge in [-0.1, -0.05) is 12.1 Å². The van der Waals surface area contributed by atoms with E-state index in [4.69, 9.17) is 0 Å². The quantitative estimate of drug-likeness (QED) is 0.735. The first-order valence-corrected chi connectivity index (χ1v) is 6.86. The molecule has 0 radical (unpaired) electrons. The summed E-state index contributed by atoms with van der Waals surface area (Å²) in [7, 11) is -2.88. The van der Waals surface area contributed by atoms with Crippen LogP contribution in [0.5, 0.6) is 0 Å². The first kappa shape index (κ1) is 11.3. The number of aliphatic imine (C=N–C) groups is 1. The molecule has 1 aliphatic rings. The minimum absolute atomic E-state index is 0.130. The molecule has 0 N–H and O–H groups in total. The third-order valence-electron chi connectivity index (χ3n) is 2.51. The van der Waals surface area contributed by atoms with Gasteiger partial charge < -0.3 is 0 Å². The van der Waals surface area contributed by atoms with Crippen molar-refractivity contribution in [2.75, 3.05) is 11.5 Å². The fourth-order valence-electron chi connectivity index (χ4n) is 1.63. The SMILES string of the molecule is O=S1(=O)CC[C@@H](N=Cc2ccc(F)cc2)C1. The van der Waals surface area contributed by atoms with Gasteiger partial charge in [0.2, 0.25) is 0 Å². The molecule has 1 heterocycles. The van der Waals surface area contributed by atoms with E-state index in [0.717, 1.165) is 5.56 Å². The summed E-state index contributed by atoms with van der Waals surface area (Å²) in [6.45, 7) is 0. The molecule has 0 aromatic heterocycles. The lowest BCUT2D eigenvalue weighted by atomic mass is 10.2. The van der Waals surface area contributed by atoms with Crippen molar-refractivity contribution in [1.29, 1.82) is 0 Å². The maximum absolute atomic E-state index is 12.6. The van der Waals surface area contributed by atoms with Crippen molar-refractivity contribution in [1.82, 2.24) is 0 Å². The molecular formula is C11H12FNO2S. The fourth-order valence-corrected chi connectivity index (χ4v) is 3.27. The molecule has 3 nitrogen and oxygen atoms in total. The molecule has 0 unspecified atom stereocenters. The topological polar surface area (TPSA) is 46.5 Å². The highest BCUT2D eigenvalue weighted by Gasteiger charge is 2.26. The minimum atomic E-state index is -2.88. The van der Waals surface area contributed by atoms with Gasteiger partial charge in [0.05, 0.1) is 17.5 Å². The fraction of sp³-hybridized carbons (Fsp3) is 0.364. The summed E-state index contributed by atoms with van der Waals surface area (Å²) in [6, 6.07) is 5.79. The standard InChI is InChI=1S/C11H12FNO2S/c12-10-3-1-9(2-4-10)7-13-11-5-6-16(14,15)8-11/h1-4,7,11H,5-6,8H2/t11-/m1/s1. The molecule has 0 amide bonds. The minimum Gasteiger partial charge on any atom is -0.288 e. The summed E-state index contributed by atoms with van der Waals surface area (Å²) in [5.74, 6) is 0.0592. The number of hydrogen-bond donors (Lipinski definition) is 0. The van der Waals surface area contributed by atoms with Gasteiger partial charge in [0.25, 0.3) is 0 Å². The first-order valence-electron chi connectivity index (χ1n) is 5.04. The van der Waals surface area contributed by atoms with Crippen LogP contribution in [0.1, 0.15) is 12.0 Å². The first-order chi connectivity index (χ1) is 7.55. The van der Waals surface area contributed by atoms with E-state index >= 15 is 0 Å². The second kappa shape index (κ2) is 4.33. The van der Waals surface area contributed by atoms with E-state index in [2.05, 4.69) is 4.99 Å². The van der Waals surface area contributed by atoms with E-state index in [0.29, 0.717) is 6.42 Å². The largest absolute Gasteiger partial charge is 0.288 e. The van der Waals surface area contributed by atoms with E-state index in [1.165, 1.54) is 12.1 Å². The van der Waals surface area contributed by atoms with Crippen LogP contribution in [-0.4, -0.2) is 32.2 Å². The van der Waals surface area contributed by atoms with Gasteiger partial charge in [-0.2, -0.15) is 0 Å². The Morgan fingerprint density at radius 1 is 1.31 bits per heavy atom. The molecule has 0 aliphatic carbocycles. The molecule has 1 saturated heterocycles. The van der Waals surface area contributed by atoms with Gasteiger partial charge in [-0.3, -0.25) is 4.99 Å². The monoisotopic (exact) mass is 241 g/mol. The third-order valence-corrected chi connectivity index (χ3v) is 4.26. The van der Waals surface area contributed by atoms with Crippen molar-refractivity contribution < 1.29 is 12.8 Å². The molecule has 5 heteroatoms. The Morgan fingerprint density at radius 3 is 2.56 bits per heavy atom. The van der Waals surface area contributed by atoms with Gasteiger partial charge in [0, 0.05) is 6.21 Å². The maximum atomic E-state index is 12.6. The van der Waals surface area contributed by atoms with Crippen molar-refractivity contribution in [3.63, 3.8) is 0 Å².